The lowest BCUT2D eigenvalue weighted by atomic mass is 9.89. The lowest BCUT2D eigenvalue weighted by Crippen LogP contribution is -2.07. The van der Waals surface area contributed by atoms with Gasteiger partial charge in [-0.1, -0.05) is 34.8 Å². The molecule has 0 spiro atoms. The highest BCUT2D eigenvalue weighted by Crippen LogP contribution is 2.39. The monoisotopic (exact) mass is 573 g/mol. The van der Waals surface area contributed by atoms with Crippen molar-refractivity contribution in [1.29, 1.82) is 0 Å². The summed E-state index contributed by atoms with van der Waals surface area (Å²) in [6.07, 6.45) is 13.6. The van der Waals surface area contributed by atoms with E-state index >= 15 is 0 Å². The van der Waals surface area contributed by atoms with Gasteiger partial charge in [-0.25, -0.2) is 15.0 Å². The smallest absolute Gasteiger partial charge is 0.165 e. The van der Waals surface area contributed by atoms with Gasteiger partial charge < -0.3 is 0 Å². The maximum Gasteiger partial charge on any atom is 0.165 e. The highest BCUT2D eigenvalue weighted by molar-refractivity contribution is 6.34. The Hall–Kier alpha value is -2.46. The van der Waals surface area contributed by atoms with Crippen LogP contribution in [0.15, 0.2) is 36.4 Å². The van der Waals surface area contributed by atoms with Crippen molar-refractivity contribution in [3.63, 3.8) is 0 Å². The molecule has 3 nitrogen and oxygen atoms in total. The summed E-state index contributed by atoms with van der Waals surface area (Å²) in [5.74, 6) is 1.70. The molecule has 39 heavy (non-hydrogen) atoms. The van der Waals surface area contributed by atoms with Gasteiger partial charge in [-0.15, -0.1) is 0 Å². The molecule has 0 unspecified atom stereocenters. The summed E-state index contributed by atoms with van der Waals surface area (Å²) in [7, 11) is 0. The normalized spacial score (nSPS) is 16.4. The van der Waals surface area contributed by atoms with Gasteiger partial charge in [0, 0.05) is 16.7 Å². The summed E-state index contributed by atoms with van der Waals surface area (Å²) in [6.45, 7) is 0. The lowest BCUT2D eigenvalue weighted by molar-refractivity contribution is 0.685. The Morgan fingerprint density at radius 2 is 0.590 bits per heavy atom. The SMILES string of the molecule is Clc1cc2c(cc1-c1nc(-c3cc4c(cc3Cl)CCCC4)nc(-c3cc4c(cc3Cl)CCCC4)n1)CCCC2. The third-order valence-corrected chi connectivity index (χ3v) is 9.59. The molecule has 0 saturated carbocycles. The van der Waals surface area contributed by atoms with Gasteiger partial charge in [0.15, 0.2) is 17.5 Å². The highest BCUT2D eigenvalue weighted by Gasteiger charge is 2.22. The number of hydrogen-bond acceptors (Lipinski definition) is 3. The molecule has 0 N–H and O–H groups in total. The Labute approximate surface area is 245 Å². The van der Waals surface area contributed by atoms with Crippen molar-refractivity contribution in [3.8, 4) is 34.2 Å². The first-order chi connectivity index (χ1) is 19.0. The molecule has 4 aromatic rings. The van der Waals surface area contributed by atoms with Crippen molar-refractivity contribution < 1.29 is 0 Å². The number of aryl methyl sites for hydroxylation is 6. The maximum atomic E-state index is 6.89. The first-order valence-electron chi connectivity index (χ1n) is 14.2. The number of fused-ring (bicyclic) bond motifs is 3. The molecule has 1 aromatic heterocycles. The standard InChI is InChI=1S/C33H30Cl3N3/c34-28-16-22-10-4-1-7-19(22)13-25(28)31-37-32(26-14-20-8-2-5-11-23(20)17-29(26)35)39-33(38-31)27-15-21-9-3-6-12-24(21)18-30(27)36/h13-18H,1-12H2. The van der Waals surface area contributed by atoms with Crippen molar-refractivity contribution in [2.24, 2.45) is 0 Å². The fourth-order valence-corrected chi connectivity index (χ4v) is 7.33. The fraction of sp³-hybridized carbons (Fsp3) is 0.364. The molecule has 7 rings (SSSR count). The van der Waals surface area contributed by atoms with Crippen LogP contribution >= 0.6 is 34.8 Å². The second-order valence-corrected chi connectivity index (χ2v) is 12.5. The van der Waals surface area contributed by atoms with E-state index < -0.39 is 0 Å². The van der Waals surface area contributed by atoms with E-state index in [4.69, 9.17) is 49.8 Å². The van der Waals surface area contributed by atoms with E-state index in [1.807, 2.05) is 0 Å². The molecular formula is C33H30Cl3N3. The Balaban J connectivity index is 1.44. The predicted octanol–water partition coefficient (Wildman–Crippen LogP) is 9.47. The molecular weight excluding hydrogens is 545 g/mol. The van der Waals surface area contributed by atoms with Gasteiger partial charge in [-0.3, -0.25) is 0 Å². The first kappa shape index (κ1) is 25.5. The molecule has 3 aromatic carbocycles. The van der Waals surface area contributed by atoms with Crippen LogP contribution in [-0.4, -0.2) is 15.0 Å². The molecule has 198 valence electrons. The van der Waals surface area contributed by atoms with E-state index in [9.17, 15) is 0 Å². The summed E-state index contributed by atoms with van der Waals surface area (Å²) >= 11 is 20.7. The summed E-state index contributed by atoms with van der Waals surface area (Å²) in [5, 5.41) is 2.02. The molecule has 0 saturated heterocycles. The zero-order valence-electron chi connectivity index (χ0n) is 21.9. The highest BCUT2D eigenvalue weighted by atomic mass is 35.5. The Morgan fingerprint density at radius 3 is 0.846 bits per heavy atom. The van der Waals surface area contributed by atoms with E-state index in [2.05, 4.69) is 36.4 Å². The largest absolute Gasteiger partial charge is 0.208 e. The van der Waals surface area contributed by atoms with Crippen LogP contribution in [0.2, 0.25) is 15.1 Å². The van der Waals surface area contributed by atoms with Crippen LogP contribution in [0.4, 0.5) is 0 Å². The van der Waals surface area contributed by atoms with Gasteiger partial charge in [-0.05, 0) is 147 Å². The zero-order valence-corrected chi connectivity index (χ0v) is 24.2. The van der Waals surface area contributed by atoms with Gasteiger partial charge in [0.25, 0.3) is 0 Å². The Morgan fingerprint density at radius 1 is 0.359 bits per heavy atom. The molecule has 0 fully saturated rings. The van der Waals surface area contributed by atoms with E-state index in [1.54, 1.807) is 0 Å². The molecule has 0 bridgehead atoms. The van der Waals surface area contributed by atoms with E-state index in [-0.39, 0.29) is 0 Å². The summed E-state index contributed by atoms with van der Waals surface area (Å²) in [5.41, 5.74) is 10.5. The maximum absolute atomic E-state index is 6.89. The minimum absolute atomic E-state index is 0.566. The molecule has 6 heteroatoms. The third-order valence-electron chi connectivity index (χ3n) is 8.65. The van der Waals surface area contributed by atoms with Crippen molar-refractivity contribution in [2.75, 3.05) is 0 Å². The van der Waals surface area contributed by atoms with Gasteiger partial charge >= 0.3 is 0 Å². The molecule has 3 aliphatic rings. The van der Waals surface area contributed by atoms with Crippen LogP contribution in [0.3, 0.4) is 0 Å². The predicted molar refractivity (Wildman–Crippen MR) is 161 cm³/mol. The number of rotatable bonds is 3. The number of benzene rings is 3. The van der Waals surface area contributed by atoms with Crippen LogP contribution in [-0.2, 0) is 38.5 Å². The molecule has 0 amide bonds. The zero-order chi connectivity index (χ0) is 26.5. The minimum atomic E-state index is 0.566. The minimum Gasteiger partial charge on any atom is -0.208 e. The quantitative estimate of drug-likeness (QED) is 0.245. The van der Waals surface area contributed by atoms with E-state index in [0.29, 0.717) is 32.5 Å². The average molecular weight is 575 g/mol. The lowest BCUT2D eigenvalue weighted by Gasteiger charge is -2.20. The van der Waals surface area contributed by atoms with Crippen LogP contribution in [0.5, 0.6) is 0 Å². The number of aromatic nitrogens is 3. The summed E-state index contributed by atoms with van der Waals surface area (Å²) < 4.78 is 0. The average Bonchev–Trinajstić information content (AvgIpc) is 2.95. The molecule has 0 radical (unpaired) electrons. The number of nitrogens with zero attached hydrogens (tertiary/aromatic N) is 3. The van der Waals surface area contributed by atoms with Crippen LogP contribution in [0, 0.1) is 0 Å². The number of hydrogen-bond donors (Lipinski definition) is 0. The van der Waals surface area contributed by atoms with E-state index in [1.165, 1.54) is 71.9 Å². The van der Waals surface area contributed by atoms with E-state index in [0.717, 1.165) is 55.2 Å². The molecule has 1 heterocycles. The third kappa shape index (κ3) is 4.88. The molecule has 3 aliphatic carbocycles. The number of halogens is 3. The topological polar surface area (TPSA) is 38.7 Å². The second-order valence-electron chi connectivity index (χ2n) is 11.2. The first-order valence-corrected chi connectivity index (χ1v) is 15.4. The molecule has 0 aliphatic heterocycles. The van der Waals surface area contributed by atoms with Crippen molar-refractivity contribution >= 4 is 34.8 Å². The summed E-state index contributed by atoms with van der Waals surface area (Å²) in [4.78, 5) is 15.0. The van der Waals surface area contributed by atoms with Crippen LogP contribution < -0.4 is 0 Å². The van der Waals surface area contributed by atoms with Crippen molar-refractivity contribution in [2.45, 2.75) is 77.0 Å². The van der Waals surface area contributed by atoms with Crippen LogP contribution in [0.1, 0.15) is 71.9 Å². The van der Waals surface area contributed by atoms with Gasteiger partial charge in [0.1, 0.15) is 0 Å². The second kappa shape index (κ2) is 10.5. The molecule has 0 atom stereocenters. The van der Waals surface area contributed by atoms with Crippen LogP contribution in [0.25, 0.3) is 34.2 Å². The Bertz CT molecular complexity index is 1410. The van der Waals surface area contributed by atoms with Gasteiger partial charge in [0.2, 0.25) is 0 Å². The fourth-order valence-electron chi connectivity index (χ4n) is 6.52. The van der Waals surface area contributed by atoms with Gasteiger partial charge in [-0.2, -0.15) is 0 Å². The Kier molecular flexibility index (Phi) is 6.87. The van der Waals surface area contributed by atoms with Crippen molar-refractivity contribution in [3.05, 3.63) is 84.8 Å². The van der Waals surface area contributed by atoms with Gasteiger partial charge in [0.05, 0.1) is 15.1 Å². The van der Waals surface area contributed by atoms with Crippen molar-refractivity contribution in [1.82, 2.24) is 15.0 Å². The summed E-state index contributed by atoms with van der Waals surface area (Å²) in [6, 6.07) is 12.9.